The van der Waals surface area contributed by atoms with E-state index in [4.69, 9.17) is 9.47 Å². The van der Waals surface area contributed by atoms with E-state index in [0.29, 0.717) is 5.56 Å². The molecule has 178 valence electrons. The molecule has 9 nitrogen and oxygen atoms in total. The fourth-order valence-corrected chi connectivity index (χ4v) is 5.48. The predicted octanol–water partition coefficient (Wildman–Crippen LogP) is 3.17. The average molecular weight is 494 g/mol. The van der Waals surface area contributed by atoms with Crippen LogP contribution in [0.3, 0.4) is 0 Å². The van der Waals surface area contributed by atoms with Gasteiger partial charge < -0.3 is 19.9 Å². The van der Waals surface area contributed by atoms with E-state index in [9.17, 15) is 19.5 Å². The van der Waals surface area contributed by atoms with Crippen LogP contribution >= 0.6 is 21.6 Å². The highest BCUT2D eigenvalue weighted by molar-refractivity contribution is 8.76. The minimum absolute atomic E-state index is 0.0895. The lowest BCUT2D eigenvalue weighted by atomic mass is 10.0. The maximum Gasteiger partial charge on any atom is 0.351 e. The highest BCUT2D eigenvalue weighted by atomic mass is 33.1. The second-order valence-corrected chi connectivity index (χ2v) is 10.4. The Kier molecular flexibility index (Phi) is 8.95. The first-order valence-electron chi connectivity index (χ1n) is 10.5. The van der Waals surface area contributed by atoms with E-state index in [0.717, 1.165) is 11.3 Å². The van der Waals surface area contributed by atoms with Crippen molar-refractivity contribution in [3.63, 3.8) is 0 Å². The van der Waals surface area contributed by atoms with Gasteiger partial charge in [0.1, 0.15) is 24.3 Å². The maximum atomic E-state index is 13.0. The van der Waals surface area contributed by atoms with Crippen molar-refractivity contribution in [2.45, 2.75) is 50.9 Å². The first kappa shape index (κ1) is 25.3. The van der Waals surface area contributed by atoms with Gasteiger partial charge in [-0.25, -0.2) is 9.59 Å². The van der Waals surface area contributed by atoms with Crippen molar-refractivity contribution < 1.29 is 24.2 Å². The molecule has 1 fully saturated rings. The van der Waals surface area contributed by atoms with E-state index in [1.165, 1.54) is 23.8 Å². The number of carbonyl (C=O) groups is 2. The summed E-state index contributed by atoms with van der Waals surface area (Å²) in [6.07, 6.45) is -0.664. The Hall–Kier alpha value is -2.34. The van der Waals surface area contributed by atoms with E-state index < -0.39 is 30.1 Å². The van der Waals surface area contributed by atoms with Crippen molar-refractivity contribution >= 4 is 39.3 Å². The van der Waals surface area contributed by atoms with Gasteiger partial charge in [-0.1, -0.05) is 46.7 Å². The van der Waals surface area contributed by atoms with Crippen LogP contribution in [0.15, 0.2) is 41.3 Å². The van der Waals surface area contributed by atoms with Gasteiger partial charge in [-0.05, 0) is 24.6 Å². The number of hydrogen-bond acceptors (Lipinski definition) is 9. The van der Waals surface area contributed by atoms with Crippen molar-refractivity contribution in [1.29, 1.82) is 0 Å². The Morgan fingerprint density at radius 3 is 2.79 bits per heavy atom. The average Bonchev–Trinajstić information content (AvgIpc) is 3.19. The number of nitrogens with zero attached hydrogens (tertiary/aromatic N) is 2. The van der Waals surface area contributed by atoms with Gasteiger partial charge >= 0.3 is 11.7 Å². The van der Waals surface area contributed by atoms with Gasteiger partial charge in [-0.15, -0.1) is 0 Å². The number of anilines is 1. The third-order valence-corrected chi connectivity index (χ3v) is 7.91. The molecular weight excluding hydrogens is 466 g/mol. The molecule has 2 aromatic rings. The SMILES string of the molecule is CCSSC(C)c1ccccc1C(=O)O[C@@H]1C[C@H](n2ccc(NC(C)=O)nc2=O)OC1CO. The number of ether oxygens (including phenoxy) is 2. The van der Waals surface area contributed by atoms with Crippen LogP contribution in [-0.2, 0) is 14.3 Å². The summed E-state index contributed by atoms with van der Waals surface area (Å²) in [6.45, 7) is 5.05. The van der Waals surface area contributed by atoms with Crippen LogP contribution in [0.25, 0.3) is 0 Å². The summed E-state index contributed by atoms with van der Waals surface area (Å²) in [7, 11) is 3.41. The number of benzene rings is 1. The molecule has 1 aromatic carbocycles. The number of nitrogens with one attached hydrogen (secondary N) is 1. The Bertz CT molecular complexity index is 1050. The minimum atomic E-state index is -0.782. The van der Waals surface area contributed by atoms with Crippen molar-refractivity contribution in [3.8, 4) is 0 Å². The number of aliphatic hydroxyl groups is 1. The summed E-state index contributed by atoms with van der Waals surface area (Å²) in [6, 6.07) is 8.77. The predicted molar refractivity (Wildman–Crippen MR) is 128 cm³/mol. The van der Waals surface area contributed by atoms with Crippen molar-refractivity contribution in [2.24, 2.45) is 0 Å². The lowest BCUT2D eigenvalue weighted by Gasteiger charge is -2.19. The Morgan fingerprint density at radius 1 is 1.36 bits per heavy atom. The molecule has 2 N–H and O–H groups in total. The fraction of sp³-hybridized carbons (Fsp3) is 0.455. The van der Waals surface area contributed by atoms with Gasteiger partial charge in [-0.3, -0.25) is 9.36 Å². The van der Waals surface area contributed by atoms with E-state index in [2.05, 4.69) is 17.2 Å². The molecule has 0 saturated carbocycles. The summed E-state index contributed by atoms with van der Waals surface area (Å²) in [5.74, 6) is 0.248. The first-order valence-corrected chi connectivity index (χ1v) is 12.9. The molecule has 3 rings (SSSR count). The zero-order chi connectivity index (χ0) is 24.0. The smallest absolute Gasteiger partial charge is 0.351 e. The van der Waals surface area contributed by atoms with Crippen LogP contribution in [0, 0.1) is 0 Å². The molecule has 0 aliphatic carbocycles. The van der Waals surface area contributed by atoms with Crippen LogP contribution in [0.2, 0.25) is 0 Å². The van der Waals surface area contributed by atoms with Gasteiger partial charge in [0.25, 0.3) is 0 Å². The molecule has 1 amide bonds. The molecule has 1 aliphatic rings. The number of rotatable bonds is 9. The molecule has 2 heterocycles. The molecule has 4 atom stereocenters. The van der Waals surface area contributed by atoms with Crippen molar-refractivity contribution in [3.05, 3.63) is 58.1 Å². The van der Waals surface area contributed by atoms with E-state index in [-0.39, 0.29) is 30.0 Å². The molecule has 2 unspecified atom stereocenters. The molecule has 1 saturated heterocycles. The summed E-state index contributed by atoms with van der Waals surface area (Å²) in [5.41, 5.74) is 0.714. The van der Waals surface area contributed by atoms with E-state index in [1.54, 1.807) is 33.7 Å². The lowest BCUT2D eigenvalue weighted by molar-refractivity contribution is -0.114. The normalized spacial score (nSPS) is 20.9. The monoisotopic (exact) mass is 493 g/mol. The number of esters is 1. The first-order chi connectivity index (χ1) is 15.8. The molecule has 0 radical (unpaired) electrons. The van der Waals surface area contributed by atoms with E-state index in [1.807, 2.05) is 19.1 Å². The van der Waals surface area contributed by atoms with Crippen LogP contribution in [-0.4, -0.2) is 51.1 Å². The van der Waals surface area contributed by atoms with Crippen LogP contribution in [0.5, 0.6) is 0 Å². The van der Waals surface area contributed by atoms with Gasteiger partial charge in [0.15, 0.2) is 0 Å². The van der Waals surface area contributed by atoms with Gasteiger partial charge in [0, 0.05) is 30.5 Å². The highest BCUT2D eigenvalue weighted by Crippen LogP contribution is 2.39. The van der Waals surface area contributed by atoms with Gasteiger partial charge in [0.05, 0.1) is 12.2 Å². The van der Waals surface area contributed by atoms with Crippen LogP contribution in [0.4, 0.5) is 5.82 Å². The second-order valence-electron chi connectivity index (χ2n) is 7.41. The zero-order valence-electron chi connectivity index (χ0n) is 18.6. The largest absolute Gasteiger partial charge is 0.456 e. The quantitative estimate of drug-likeness (QED) is 0.401. The van der Waals surface area contributed by atoms with E-state index >= 15 is 0 Å². The Morgan fingerprint density at radius 2 is 2.12 bits per heavy atom. The van der Waals surface area contributed by atoms with Crippen LogP contribution in [0.1, 0.15) is 54.6 Å². The molecule has 1 aliphatic heterocycles. The number of hydrogen-bond donors (Lipinski definition) is 2. The molecule has 0 bridgehead atoms. The van der Waals surface area contributed by atoms with Crippen molar-refractivity contribution in [2.75, 3.05) is 17.7 Å². The topological polar surface area (TPSA) is 120 Å². The number of carbonyl (C=O) groups excluding carboxylic acids is 2. The Labute approximate surface area is 199 Å². The molecule has 1 aromatic heterocycles. The molecule has 11 heteroatoms. The highest BCUT2D eigenvalue weighted by Gasteiger charge is 2.39. The number of aliphatic hydroxyl groups excluding tert-OH is 1. The summed E-state index contributed by atoms with van der Waals surface area (Å²) < 4.78 is 12.8. The summed E-state index contributed by atoms with van der Waals surface area (Å²) in [5, 5.41) is 12.3. The maximum absolute atomic E-state index is 13.0. The van der Waals surface area contributed by atoms with Gasteiger partial charge in [0.2, 0.25) is 5.91 Å². The summed E-state index contributed by atoms with van der Waals surface area (Å²) >= 11 is 0. The summed E-state index contributed by atoms with van der Waals surface area (Å²) in [4.78, 5) is 40.4. The fourth-order valence-electron chi connectivity index (χ4n) is 3.50. The third kappa shape index (κ3) is 6.38. The molecule has 0 spiro atoms. The lowest BCUT2D eigenvalue weighted by Crippen LogP contribution is -2.30. The zero-order valence-corrected chi connectivity index (χ0v) is 20.2. The molecule has 33 heavy (non-hydrogen) atoms. The number of amides is 1. The van der Waals surface area contributed by atoms with Crippen molar-refractivity contribution in [1.82, 2.24) is 9.55 Å². The minimum Gasteiger partial charge on any atom is -0.456 e. The number of aromatic nitrogens is 2. The van der Waals surface area contributed by atoms with Gasteiger partial charge in [-0.2, -0.15) is 4.98 Å². The van der Waals surface area contributed by atoms with Crippen LogP contribution < -0.4 is 11.0 Å². The third-order valence-electron chi connectivity index (χ3n) is 5.01. The molecular formula is C22H27N3O6S2. The second kappa shape index (κ2) is 11.7. The Balaban J connectivity index is 1.74. The standard InChI is InChI=1S/C22H27N3O6S2/c1-4-32-33-13(2)15-7-5-6-8-16(15)21(28)31-17-11-20(30-18(17)12-26)25-10-9-19(23-14(3)27)24-22(25)29/h5-10,13,17-18,20,26H,4,11-12H2,1-3H3,(H,23,24,27,29)/t13?,17-,18?,20-/m1/s1.